The zero-order valence-electron chi connectivity index (χ0n) is 10.5. The first-order valence-corrected chi connectivity index (χ1v) is 5.72. The summed E-state index contributed by atoms with van der Waals surface area (Å²) in [7, 11) is 0. The SMILES string of the molecule is Cc1cccc(N2C(=O)OC(C)C2C(=O)O)c1C. The standard InChI is InChI=1S/C13H15NO4/c1-7-5-4-6-10(8(7)2)14-11(12(15)16)9(3)18-13(14)17/h4-6,9,11H,1-3H3,(H,15,16). The maximum absolute atomic E-state index is 11.8. The average Bonchev–Trinajstić information content (AvgIpc) is 2.57. The quantitative estimate of drug-likeness (QED) is 0.871. The smallest absolute Gasteiger partial charge is 0.415 e. The number of carboxylic acids is 1. The van der Waals surface area contributed by atoms with Gasteiger partial charge in [-0.3, -0.25) is 4.90 Å². The van der Waals surface area contributed by atoms with Crippen molar-refractivity contribution >= 4 is 17.7 Å². The van der Waals surface area contributed by atoms with Gasteiger partial charge in [-0.2, -0.15) is 0 Å². The minimum Gasteiger partial charge on any atom is -0.480 e. The molecule has 18 heavy (non-hydrogen) atoms. The Morgan fingerprint density at radius 1 is 1.39 bits per heavy atom. The first-order chi connectivity index (χ1) is 8.43. The molecule has 1 aromatic carbocycles. The van der Waals surface area contributed by atoms with Crippen LogP contribution in [0.15, 0.2) is 18.2 Å². The third kappa shape index (κ3) is 1.81. The Morgan fingerprint density at radius 2 is 2.06 bits per heavy atom. The summed E-state index contributed by atoms with van der Waals surface area (Å²) in [5.74, 6) is -1.06. The van der Waals surface area contributed by atoms with Gasteiger partial charge in [-0.1, -0.05) is 12.1 Å². The zero-order chi connectivity index (χ0) is 13.4. The van der Waals surface area contributed by atoms with E-state index >= 15 is 0 Å². The molecule has 1 N–H and O–H groups in total. The molecule has 2 rings (SSSR count). The zero-order valence-corrected chi connectivity index (χ0v) is 10.5. The molecular weight excluding hydrogens is 234 g/mol. The molecule has 0 radical (unpaired) electrons. The van der Waals surface area contributed by atoms with E-state index in [1.807, 2.05) is 19.9 Å². The number of nitrogens with zero attached hydrogens (tertiary/aromatic N) is 1. The van der Waals surface area contributed by atoms with E-state index in [1.54, 1.807) is 19.1 Å². The molecule has 2 atom stereocenters. The highest BCUT2D eigenvalue weighted by atomic mass is 16.6. The minimum atomic E-state index is -1.06. The van der Waals surface area contributed by atoms with Gasteiger partial charge in [0.25, 0.3) is 0 Å². The first kappa shape index (κ1) is 12.4. The monoisotopic (exact) mass is 249 g/mol. The maximum atomic E-state index is 11.8. The van der Waals surface area contributed by atoms with Crippen LogP contribution in [0.1, 0.15) is 18.1 Å². The van der Waals surface area contributed by atoms with Gasteiger partial charge in [0, 0.05) is 0 Å². The molecule has 1 fully saturated rings. The first-order valence-electron chi connectivity index (χ1n) is 5.72. The van der Waals surface area contributed by atoms with Gasteiger partial charge in [0.15, 0.2) is 6.04 Å². The number of amides is 1. The molecule has 96 valence electrons. The number of ether oxygens (including phenoxy) is 1. The van der Waals surface area contributed by atoms with Crippen molar-refractivity contribution in [1.82, 2.24) is 0 Å². The van der Waals surface area contributed by atoms with E-state index in [0.717, 1.165) is 11.1 Å². The van der Waals surface area contributed by atoms with Crippen molar-refractivity contribution in [2.24, 2.45) is 0 Å². The summed E-state index contributed by atoms with van der Waals surface area (Å²) in [4.78, 5) is 24.3. The molecule has 1 aliphatic heterocycles. The van der Waals surface area contributed by atoms with E-state index in [9.17, 15) is 14.7 Å². The topological polar surface area (TPSA) is 66.8 Å². The Bertz CT molecular complexity index is 512. The summed E-state index contributed by atoms with van der Waals surface area (Å²) < 4.78 is 5.00. The van der Waals surface area contributed by atoms with E-state index in [2.05, 4.69) is 0 Å². The Labute approximate surface area is 105 Å². The van der Waals surface area contributed by atoms with Crippen LogP contribution in [0.25, 0.3) is 0 Å². The van der Waals surface area contributed by atoms with Gasteiger partial charge in [-0.25, -0.2) is 9.59 Å². The van der Waals surface area contributed by atoms with Gasteiger partial charge < -0.3 is 9.84 Å². The number of rotatable bonds is 2. The highest BCUT2D eigenvalue weighted by Gasteiger charge is 2.45. The molecule has 1 aromatic rings. The molecule has 1 saturated heterocycles. The van der Waals surface area contributed by atoms with Gasteiger partial charge in [-0.05, 0) is 38.0 Å². The van der Waals surface area contributed by atoms with Crippen LogP contribution in [0.5, 0.6) is 0 Å². The fourth-order valence-electron chi connectivity index (χ4n) is 2.16. The summed E-state index contributed by atoms with van der Waals surface area (Å²) in [6, 6.07) is 4.47. The summed E-state index contributed by atoms with van der Waals surface area (Å²) in [5, 5.41) is 9.22. The van der Waals surface area contributed by atoms with Crippen molar-refractivity contribution in [3.63, 3.8) is 0 Å². The van der Waals surface area contributed by atoms with Gasteiger partial charge in [-0.15, -0.1) is 0 Å². The third-order valence-electron chi connectivity index (χ3n) is 3.29. The van der Waals surface area contributed by atoms with Crippen LogP contribution in [0, 0.1) is 13.8 Å². The summed E-state index contributed by atoms with van der Waals surface area (Å²) >= 11 is 0. The number of aryl methyl sites for hydroxylation is 1. The average molecular weight is 249 g/mol. The molecule has 1 aliphatic rings. The number of carbonyl (C=O) groups is 2. The number of carboxylic acid groups (broad SMARTS) is 1. The molecule has 5 nitrogen and oxygen atoms in total. The van der Waals surface area contributed by atoms with Crippen molar-refractivity contribution in [3.8, 4) is 0 Å². The van der Waals surface area contributed by atoms with E-state index in [-0.39, 0.29) is 0 Å². The number of benzene rings is 1. The van der Waals surface area contributed by atoms with Crippen LogP contribution in [-0.2, 0) is 9.53 Å². The minimum absolute atomic E-state index is 0.594. The number of anilines is 1. The van der Waals surface area contributed by atoms with E-state index in [1.165, 1.54) is 4.90 Å². The lowest BCUT2D eigenvalue weighted by molar-refractivity contribution is -0.139. The van der Waals surface area contributed by atoms with E-state index < -0.39 is 24.2 Å². The van der Waals surface area contributed by atoms with Gasteiger partial charge in [0.05, 0.1) is 5.69 Å². The number of carbonyl (C=O) groups excluding carboxylic acids is 1. The van der Waals surface area contributed by atoms with Crippen LogP contribution >= 0.6 is 0 Å². The fraction of sp³-hybridized carbons (Fsp3) is 0.385. The van der Waals surface area contributed by atoms with E-state index in [4.69, 9.17) is 4.74 Å². The van der Waals surface area contributed by atoms with Gasteiger partial charge >= 0.3 is 12.1 Å². The number of hydrogen-bond acceptors (Lipinski definition) is 3. The molecule has 0 aromatic heterocycles. The van der Waals surface area contributed by atoms with Crippen molar-refractivity contribution < 1.29 is 19.4 Å². The molecule has 0 aliphatic carbocycles. The molecule has 2 unspecified atom stereocenters. The van der Waals surface area contributed by atoms with Crippen LogP contribution in [0.2, 0.25) is 0 Å². The molecule has 1 heterocycles. The number of aliphatic carboxylic acids is 1. The lowest BCUT2D eigenvalue weighted by atomic mass is 10.1. The fourth-order valence-corrected chi connectivity index (χ4v) is 2.16. The van der Waals surface area contributed by atoms with Crippen molar-refractivity contribution in [3.05, 3.63) is 29.3 Å². The Kier molecular flexibility index (Phi) is 2.98. The van der Waals surface area contributed by atoms with Crippen molar-refractivity contribution in [2.45, 2.75) is 32.9 Å². The molecule has 5 heteroatoms. The largest absolute Gasteiger partial charge is 0.480 e. The summed E-state index contributed by atoms with van der Waals surface area (Å²) in [5.41, 5.74) is 2.48. The highest BCUT2D eigenvalue weighted by Crippen LogP contribution is 2.31. The number of hydrogen-bond donors (Lipinski definition) is 1. The van der Waals surface area contributed by atoms with Crippen LogP contribution in [0.4, 0.5) is 10.5 Å². The molecule has 0 bridgehead atoms. The highest BCUT2D eigenvalue weighted by molar-refractivity contribution is 5.99. The summed E-state index contributed by atoms with van der Waals surface area (Å²) in [6.45, 7) is 5.36. The molecule has 1 amide bonds. The second-order valence-electron chi connectivity index (χ2n) is 4.46. The van der Waals surface area contributed by atoms with Crippen molar-refractivity contribution in [1.29, 1.82) is 0 Å². The maximum Gasteiger partial charge on any atom is 0.415 e. The molecule has 0 spiro atoms. The Hall–Kier alpha value is -2.04. The third-order valence-corrected chi connectivity index (χ3v) is 3.29. The second kappa shape index (κ2) is 4.33. The summed E-state index contributed by atoms with van der Waals surface area (Å²) in [6.07, 6.45) is -1.27. The van der Waals surface area contributed by atoms with Crippen LogP contribution in [-0.4, -0.2) is 29.3 Å². The Balaban J connectivity index is 2.51. The van der Waals surface area contributed by atoms with E-state index in [0.29, 0.717) is 5.69 Å². The van der Waals surface area contributed by atoms with Crippen LogP contribution < -0.4 is 4.90 Å². The number of cyclic esters (lactones) is 1. The normalized spacial score (nSPS) is 23.1. The Morgan fingerprint density at radius 3 is 2.67 bits per heavy atom. The van der Waals surface area contributed by atoms with Gasteiger partial charge in [0.2, 0.25) is 0 Å². The molecule has 0 saturated carbocycles. The second-order valence-corrected chi connectivity index (χ2v) is 4.46. The predicted octanol–water partition coefficient (Wildman–Crippen LogP) is 2.10. The van der Waals surface area contributed by atoms with Crippen molar-refractivity contribution in [2.75, 3.05) is 4.90 Å². The molecular formula is C13H15NO4. The van der Waals surface area contributed by atoms with Crippen LogP contribution in [0.3, 0.4) is 0 Å². The lowest BCUT2D eigenvalue weighted by Crippen LogP contribution is -2.42. The lowest BCUT2D eigenvalue weighted by Gasteiger charge is -2.22. The predicted molar refractivity (Wildman–Crippen MR) is 65.8 cm³/mol. The van der Waals surface area contributed by atoms with Gasteiger partial charge in [0.1, 0.15) is 6.10 Å².